The number of nitrogens with one attached hydrogen (secondary N) is 2. The van der Waals surface area contributed by atoms with Crippen molar-refractivity contribution in [1.29, 1.82) is 0 Å². The van der Waals surface area contributed by atoms with Gasteiger partial charge in [0.05, 0.1) is 5.75 Å². The van der Waals surface area contributed by atoms with E-state index in [0.29, 0.717) is 5.16 Å². The Morgan fingerprint density at radius 1 is 1.32 bits per heavy atom. The molecule has 0 aliphatic heterocycles. The van der Waals surface area contributed by atoms with Crippen molar-refractivity contribution in [3.8, 4) is 0 Å². The molecule has 1 amide bonds. The number of anilines is 3. The van der Waals surface area contributed by atoms with E-state index < -0.39 is 0 Å². The molecule has 7 nitrogen and oxygen atoms in total. The number of amides is 1. The second-order valence-corrected chi connectivity index (χ2v) is 5.50. The third kappa shape index (κ3) is 4.39. The first-order valence-corrected chi connectivity index (χ1v) is 8.06. The van der Waals surface area contributed by atoms with E-state index in [1.54, 1.807) is 0 Å². The number of carbonyl (C=O) groups excluding carboxylic acids is 1. The number of H-pyrrole nitrogens is 1. The molecule has 0 saturated heterocycles. The molecule has 0 spiro atoms. The zero-order chi connectivity index (χ0) is 15.9. The number of benzene rings is 1. The minimum Gasteiger partial charge on any atom is -0.372 e. The normalized spacial score (nSPS) is 10.5. The molecule has 118 valence electrons. The summed E-state index contributed by atoms with van der Waals surface area (Å²) in [5.74, 6) is 0.369. The number of aromatic amines is 1. The largest absolute Gasteiger partial charge is 0.372 e. The molecule has 4 N–H and O–H groups in total. The maximum absolute atomic E-state index is 11.9. The number of hydrogen-bond acceptors (Lipinski definition) is 6. The van der Waals surface area contributed by atoms with Gasteiger partial charge in [-0.25, -0.2) is 5.10 Å². The Labute approximate surface area is 133 Å². The molecule has 0 bridgehead atoms. The number of carbonyl (C=O) groups is 1. The van der Waals surface area contributed by atoms with E-state index >= 15 is 0 Å². The second-order valence-electron chi connectivity index (χ2n) is 4.56. The van der Waals surface area contributed by atoms with Gasteiger partial charge >= 0.3 is 0 Å². The summed E-state index contributed by atoms with van der Waals surface area (Å²) in [6.07, 6.45) is 0. The molecule has 1 aromatic carbocycles. The van der Waals surface area contributed by atoms with Gasteiger partial charge in [0.15, 0.2) is 0 Å². The summed E-state index contributed by atoms with van der Waals surface area (Å²) in [6, 6.07) is 7.82. The van der Waals surface area contributed by atoms with E-state index in [-0.39, 0.29) is 17.6 Å². The third-order valence-electron chi connectivity index (χ3n) is 3.09. The minimum absolute atomic E-state index is 0.107. The molecule has 1 heterocycles. The van der Waals surface area contributed by atoms with Crippen molar-refractivity contribution in [2.24, 2.45) is 0 Å². The predicted octanol–water partition coefficient (Wildman–Crippen LogP) is 1.96. The average Bonchev–Trinajstić information content (AvgIpc) is 2.94. The molecule has 0 saturated carbocycles. The van der Waals surface area contributed by atoms with Crippen LogP contribution in [-0.4, -0.2) is 39.9 Å². The number of nitrogens with two attached hydrogens (primary N) is 1. The number of rotatable bonds is 7. The van der Waals surface area contributed by atoms with Crippen molar-refractivity contribution in [3.63, 3.8) is 0 Å². The summed E-state index contributed by atoms with van der Waals surface area (Å²) in [5.41, 5.74) is 7.34. The number of nitrogen functional groups attached to an aromatic ring is 1. The van der Waals surface area contributed by atoms with Crippen LogP contribution in [0, 0.1) is 0 Å². The van der Waals surface area contributed by atoms with Crippen LogP contribution in [0.1, 0.15) is 13.8 Å². The van der Waals surface area contributed by atoms with Crippen molar-refractivity contribution in [2.75, 3.05) is 34.8 Å². The van der Waals surface area contributed by atoms with Crippen LogP contribution in [0.5, 0.6) is 0 Å². The van der Waals surface area contributed by atoms with Crippen LogP contribution in [0.3, 0.4) is 0 Å². The zero-order valence-corrected chi connectivity index (χ0v) is 13.5. The fraction of sp³-hybridized carbons (Fsp3) is 0.357. The van der Waals surface area contributed by atoms with Crippen LogP contribution in [-0.2, 0) is 4.79 Å². The standard InChI is InChI=1S/C14H20N6OS/c1-3-20(4-2)11-7-5-10(6-8-11)16-12(21)9-22-14-17-13(15)18-19-14/h5-8H,3-4,9H2,1-2H3,(H,16,21)(H3,15,17,18,19). The van der Waals surface area contributed by atoms with Crippen molar-refractivity contribution >= 4 is 35.0 Å². The summed E-state index contributed by atoms with van der Waals surface area (Å²) in [5, 5.41) is 9.70. The lowest BCUT2D eigenvalue weighted by molar-refractivity contribution is -0.113. The van der Waals surface area contributed by atoms with E-state index in [2.05, 4.69) is 39.2 Å². The quantitative estimate of drug-likeness (QED) is 0.674. The van der Waals surface area contributed by atoms with Gasteiger partial charge in [0, 0.05) is 24.5 Å². The first kappa shape index (κ1) is 16.2. The summed E-state index contributed by atoms with van der Waals surface area (Å²) in [7, 11) is 0. The number of nitrogens with zero attached hydrogens (tertiary/aromatic N) is 3. The minimum atomic E-state index is -0.107. The maximum Gasteiger partial charge on any atom is 0.234 e. The third-order valence-corrected chi connectivity index (χ3v) is 3.94. The van der Waals surface area contributed by atoms with Crippen LogP contribution in [0.2, 0.25) is 0 Å². The number of thioether (sulfide) groups is 1. The van der Waals surface area contributed by atoms with Crippen LogP contribution >= 0.6 is 11.8 Å². The highest BCUT2D eigenvalue weighted by atomic mass is 32.2. The molecule has 0 unspecified atom stereocenters. The van der Waals surface area contributed by atoms with Crippen LogP contribution in [0.15, 0.2) is 29.4 Å². The van der Waals surface area contributed by atoms with Gasteiger partial charge in [-0.05, 0) is 38.1 Å². The van der Waals surface area contributed by atoms with Gasteiger partial charge in [0.1, 0.15) is 0 Å². The van der Waals surface area contributed by atoms with Crippen LogP contribution in [0.25, 0.3) is 0 Å². The summed E-state index contributed by atoms with van der Waals surface area (Å²) < 4.78 is 0. The smallest absolute Gasteiger partial charge is 0.234 e. The molecule has 2 rings (SSSR count). The number of hydrogen-bond donors (Lipinski definition) is 3. The van der Waals surface area contributed by atoms with Gasteiger partial charge in [-0.1, -0.05) is 11.8 Å². The summed E-state index contributed by atoms with van der Waals surface area (Å²) in [6.45, 7) is 6.15. The van der Waals surface area contributed by atoms with Crippen LogP contribution < -0.4 is 16.0 Å². The first-order chi connectivity index (χ1) is 10.6. The van der Waals surface area contributed by atoms with Crippen molar-refractivity contribution < 1.29 is 4.79 Å². The molecule has 0 fully saturated rings. The molecule has 0 atom stereocenters. The monoisotopic (exact) mass is 320 g/mol. The molecule has 0 aliphatic rings. The van der Waals surface area contributed by atoms with Gasteiger partial charge < -0.3 is 16.0 Å². The van der Waals surface area contributed by atoms with E-state index in [4.69, 9.17) is 5.73 Å². The van der Waals surface area contributed by atoms with Gasteiger partial charge in [0.25, 0.3) is 0 Å². The Hall–Kier alpha value is -2.22. The molecule has 0 radical (unpaired) electrons. The van der Waals surface area contributed by atoms with Crippen LogP contribution in [0.4, 0.5) is 17.3 Å². The highest BCUT2D eigenvalue weighted by molar-refractivity contribution is 7.99. The molecular weight excluding hydrogens is 300 g/mol. The predicted molar refractivity (Wildman–Crippen MR) is 90.2 cm³/mol. The van der Waals surface area contributed by atoms with E-state index in [1.807, 2.05) is 24.3 Å². The highest BCUT2D eigenvalue weighted by Crippen LogP contribution is 2.18. The molecule has 1 aromatic heterocycles. The Morgan fingerprint density at radius 2 is 2.00 bits per heavy atom. The van der Waals surface area contributed by atoms with Gasteiger partial charge in [-0.15, -0.1) is 5.10 Å². The molecule has 0 aliphatic carbocycles. The van der Waals surface area contributed by atoms with Gasteiger partial charge in [0.2, 0.25) is 17.0 Å². The summed E-state index contributed by atoms with van der Waals surface area (Å²) >= 11 is 1.23. The average molecular weight is 320 g/mol. The Morgan fingerprint density at radius 3 is 2.55 bits per heavy atom. The molecule has 2 aromatic rings. The fourth-order valence-corrected chi connectivity index (χ4v) is 2.60. The Bertz CT molecular complexity index is 608. The molecular formula is C14H20N6OS. The van der Waals surface area contributed by atoms with Gasteiger partial charge in [-0.3, -0.25) is 4.79 Å². The SMILES string of the molecule is CCN(CC)c1ccc(NC(=O)CSc2n[nH]c(N)n2)cc1. The Balaban J connectivity index is 1.86. The highest BCUT2D eigenvalue weighted by Gasteiger charge is 2.07. The topological polar surface area (TPSA) is 99.9 Å². The zero-order valence-electron chi connectivity index (χ0n) is 12.7. The van der Waals surface area contributed by atoms with Crippen molar-refractivity contribution in [1.82, 2.24) is 15.2 Å². The lowest BCUT2D eigenvalue weighted by Crippen LogP contribution is -2.21. The second kappa shape index (κ2) is 7.69. The van der Waals surface area contributed by atoms with Gasteiger partial charge in [-0.2, -0.15) is 4.98 Å². The van der Waals surface area contributed by atoms with Crippen molar-refractivity contribution in [2.45, 2.75) is 19.0 Å². The Kier molecular flexibility index (Phi) is 5.65. The molecule has 8 heteroatoms. The molecule has 22 heavy (non-hydrogen) atoms. The van der Waals surface area contributed by atoms with E-state index in [9.17, 15) is 4.79 Å². The van der Waals surface area contributed by atoms with E-state index in [1.165, 1.54) is 11.8 Å². The first-order valence-electron chi connectivity index (χ1n) is 7.08. The van der Waals surface area contributed by atoms with E-state index in [0.717, 1.165) is 24.5 Å². The number of aromatic nitrogens is 3. The fourth-order valence-electron chi connectivity index (χ4n) is 1.99. The maximum atomic E-state index is 11.9. The summed E-state index contributed by atoms with van der Waals surface area (Å²) in [4.78, 5) is 18.1. The van der Waals surface area contributed by atoms with Crippen molar-refractivity contribution in [3.05, 3.63) is 24.3 Å². The lowest BCUT2D eigenvalue weighted by Gasteiger charge is -2.21. The lowest BCUT2D eigenvalue weighted by atomic mass is 10.2.